The molecule has 142 valence electrons. The molecule has 0 aliphatic heterocycles. The van der Waals surface area contributed by atoms with Crippen molar-refractivity contribution in [1.82, 2.24) is 0 Å². The van der Waals surface area contributed by atoms with Crippen molar-refractivity contribution >= 4 is 17.5 Å². The molecule has 0 saturated heterocycles. The van der Waals surface area contributed by atoms with Crippen molar-refractivity contribution in [3.8, 4) is 0 Å². The molecule has 7 heteroatoms. The Morgan fingerprint density at radius 1 is 1.00 bits per heavy atom. The van der Waals surface area contributed by atoms with Gasteiger partial charge in [-0.05, 0) is 50.0 Å². The first kappa shape index (κ1) is 20.0. The average Bonchev–Trinajstić information content (AvgIpc) is 2.61. The SMILES string of the molecule is CCOC(=O)[C@H]1CC=C(c2ccc(C(F)(F)F)cc2)C[C@@H]1C(=O)OCC. The molecule has 1 aliphatic rings. The predicted molar refractivity (Wildman–Crippen MR) is 88.9 cm³/mol. The lowest BCUT2D eigenvalue weighted by atomic mass is 9.77. The van der Waals surface area contributed by atoms with E-state index in [4.69, 9.17) is 9.47 Å². The molecule has 4 nitrogen and oxygen atoms in total. The first-order valence-corrected chi connectivity index (χ1v) is 8.47. The molecule has 0 spiro atoms. The Morgan fingerprint density at radius 3 is 2.04 bits per heavy atom. The van der Waals surface area contributed by atoms with Gasteiger partial charge in [-0.1, -0.05) is 18.2 Å². The summed E-state index contributed by atoms with van der Waals surface area (Å²) in [7, 11) is 0. The normalized spacial score (nSPS) is 20.3. The number of ether oxygens (including phenoxy) is 2. The molecule has 0 radical (unpaired) electrons. The van der Waals surface area contributed by atoms with E-state index in [0.717, 1.165) is 17.7 Å². The topological polar surface area (TPSA) is 52.6 Å². The van der Waals surface area contributed by atoms with Gasteiger partial charge in [0.2, 0.25) is 0 Å². The van der Waals surface area contributed by atoms with Gasteiger partial charge in [-0.15, -0.1) is 0 Å². The number of carbonyl (C=O) groups is 2. The van der Waals surface area contributed by atoms with Crippen LogP contribution >= 0.6 is 0 Å². The van der Waals surface area contributed by atoms with Crippen LogP contribution in [0.3, 0.4) is 0 Å². The molecule has 1 aromatic carbocycles. The van der Waals surface area contributed by atoms with E-state index in [1.54, 1.807) is 19.9 Å². The second kappa shape index (κ2) is 8.38. The minimum atomic E-state index is -4.40. The molecule has 0 N–H and O–H groups in total. The van der Waals surface area contributed by atoms with Crippen molar-refractivity contribution in [2.75, 3.05) is 13.2 Å². The maximum atomic E-state index is 12.7. The highest BCUT2D eigenvalue weighted by atomic mass is 19.4. The van der Waals surface area contributed by atoms with Crippen LogP contribution in [-0.2, 0) is 25.2 Å². The minimum Gasteiger partial charge on any atom is -0.466 e. The van der Waals surface area contributed by atoms with Crippen LogP contribution in [0.15, 0.2) is 30.3 Å². The van der Waals surface area contributed by atoms with E-state index in [-0.39, 0.29) is 26.1 Å². The molecule has 0 unspecified atom stereocenters. The lowest BCUT2D eigenvalue weighted by molar-refractivity contribution is -0.160. The highest BCUT2D eigenvalue weighted by Crippen LogP contribution is 2.37. The molecule has 2 atom stereocenters. The quantitative estimate of drug-likeness (QED) is 0.728. The fourth-order valence-electron chi connectivity index (χ4n) is 3.01. The lowest BCUT2D eigenvalue weighted by Gasteiger charge is -2.28. The Morgan fingerprint density at radius 2 is 1.54 bits per heavy atom. The van der Waals surface area contributed by atoms with Crippen molar-refractivity contribution in [1.29, 1.82) is 0 Å². The van der Waals surface area contributed by atoms with E-state index >= 15 is 0 Å². The van der Waals surface area contributed by atoms with Gasteiger partial charge in [0.15, 0.2) is 0 Å². The number of hydrogen-bond acceptors (Lipinski definition) is 4. The molecule has 0 amide bonds. The molecule has 0 aromatic heterocycles. The van der Waals surface area contributed by atoms with Crippen LogP contribution < -0.4 is 0 Å². The smallest absolute Gasteiger partial charge is 0.416 e. The van der Waals surface area contributed by atoms with E-state index in [2.05, 4.69) is 0 Å². The van der Waals surface area contributed by atoms with Gasteiger partial charge < -0.3 is 9.47 Å². The van der Waals surface area contributed by atoms with E-state index < -0.39 is 35.5 Å². The number of benzene rings is 1. The van der Waals surface area contributed by atoms with Gasteiger partial charge in [0.05, 0.1) is 30.6 Å². The van der Waals surface area contributed by atoms with Crippen LogP contribution in [0.4, 0.5) is 13.2 Å². The maximum absolute atomic E-state index is 12.7. The van der Waals surface area contributed by atoms with E-state index in [9.17, 15) is 22.8 Å². The second-order valence-corrected chi connectivity index (χ2v) is 5.96. The minimum absolute atomic E-state index is 0.185. The maximum Gasteiger partial charge on any atom is 0.416 e. The van der Waals surface area contributed by atoms with Crippen LogP contribution in [0.25, 0.3) is 5.57 Å². The van der Waals surface area contributed by atoms with E-state index in [1.165, 1.54) is 12.1 Å². The fourth-order valence-corrected chi connectivity index (χ4v) is 3.01. The molecular weight excluding hydrogens is 349 g/mol. The Bertz CT molecular complexity index is 677. The molecule has 1 aliphatic carbocycles. The third-order valence-corrected chi connectivity index (χ3v) is 4.31. The number of hydrogen-bond donors (Lipinski definition) is 0. The van der Waals surface area contributed by atoms with Crippen molar-refractivity contribution in [3.05, 3.63) is 41.5 Å². The van der Waals surface area contributed by atoms with Crippen LogP contribution in [0, 0.1) is 11.8 Å². The number of rotatable bonds is 5. The summed E-state index contributed by atoms with van der Waals surface area (Å²) in [6.45, 7) is 3.75. The molecule has 2 rings (SSSR count). The first-order valence-electron chi connectivity index (χ1n) is 8.47. The fraction of sp³-hybridized carbons (Fsp3) is 0.474. The molecule has 0 bridgehead atoms. The highest BCUT2D eigenvalue weighted by molar-refractivity contribution is 5.86. The van der Waals surface area contributed by atoms with Crippen LogP contribution in [0.1, 0.15) is 37.8 Å². The zero-order valence-electron chi connectivity index (χ0n) is 14.6. The molecular formula is C19H21F3O4. The Kier molecular flexibility index (Phi) is 6.45. The predicted octanol–water partition coefficient (Wildman–Crippen LogP) is 4.24. The number of halogens is 3. The summed E-state index contributed by atoms with van der Waals surface area (Å²) in [5.41, 5.74) is 0.580. The van der Waals surface area contributed by atoms with Gasteiger partial charge >= 0.3 is 18.1 Å². The Labute approximate surface area is 150 Å². The highest BCUT2D eigenvalue weighted by Gasteiger charge is 2.38. The van der Waals surface area contributed by atoms with Gasteiger partial charge in [-0.25, -0.2) is 0 Å². The van der Waals surface area contributed by atoms with E-state index in [0.29, 0.717) is 5.56 Å². The summed E-state index contributed by atoms with van der Waals surface area (Å²) in [4.78, 5) is 24.4. The molecule has 26 heavy (non-hydrogen) atoms. The van der Waals surface area contributed by atoms with Gasteiger partial charge in [0.1, 0.15) is 0 Å². The summed E-state index contributed by atoms with van der Waals surface area (Å²) in [5, 5.41) is 0. The van der Waals surface area contributed by atoms with Gasteiger partial charge in [-0.2, -0.15) is 13.2 Å². The van der Waals surface area contributed by atoms with Crippen LogP contribution in [0.5, 0.6) is 0 Å². The summed E-state index contributed by atoms with van der Waals surface area (Å²) < 4.78 is 48.2. The lowest BCUT2D eigenvalue weighted by Crippen LogP contribution is -2.34. The molecule has 1 aromatic rings. The first-order chi connectivity index (χ1) is 12.3. The average molecular weight is 370 g/mol. The second-order valence-electron chi connectivity index (χ2n) is 5.96. The third kappa shape index (κ3) is 4.65. The number of allylic oxidation sites excluding steroid dienone is 2. The zero-order valence-corrected chi connectivity index (χ0v) is 14.6. The zero-order chi connectivity index (χ0) is 19.3. The van der Waals surface area contributed by atoms with Gasteiger partial charge in [0, 0.05) is 0 Å². The van der Waals surface area contributed by atoms with Crippen molar-refractivity contribution < 1.29 is 32.2 Å². The van der Waals surface area contributed by atoms with Crippen molar-refractivity contribution in [2.45, 2.75) is 32.9 Å². The monoisotopic (exact) mass is 370 g/mol. The van der Waals surface area contributed by atoms with Gasteiger partial charge in [0.25, 0.3) is 0 Å². The van der Waals surface area contributed by atoms with Crippen LogP contribution in [0.2, 0.25) is 0 Å². The number of alkyl halides is 3. The van der Waals surface area contributed by atoms with Crippen LogP contribution in [-0.4, -0.2) is 25.2 Å². The summed E-state index contributed by atoms with van der Waals surface area (Å²) in [6, 6.07) is 4.77. The van der Waals surface area contributed by atoms with Crippen molar-refractivity contribution in [3.63, 3.8) is 0 Å². The largest absolute Gasteiger partial charge is 0.466 e. The Hall–Kier alpha value is -2.31. The number of esters is 2. The van der Waals surface area contributed by atoms with Crippen molar-refractivity contribution in [2.24, 2.45) is 11.8 Å². The molecule has 0 heterocycles. The standard InChI is InChI=1S/C19H21F3O4/c1-3-25-17(23)15-10-7-13(11-16(15)18(24)26-4-2)12-5-8-14(9-6-12)19(20,21)22/h5-9,15-16H,3-4,10-11H2,1-2H3/t15-,16-/m0/s1. The number of carbonyl (C=O) groups excluding carboxylic acids is 2. The molecule has 0 fully saturated rings. The molecule has 0 saturated carbocycles. The third-order valence-electron chi connectivity index (χ3n) is 4.31. The van der Waals surface area contributed by atoms with E-state index in [1.807, 2.05) is 0 Å². The summed E-state index contributed by atoms with van der Waals surface area (Å²) in [5.74, 6) is -2.32. The summed E-state index contributed by atoms with van der Waals surface area (Å²) >= 11 is 0. The summed E-state index contributed by atoms with van der Waals surface area (Å²) in [6.07, 6.45) is -2.13. The Balaban J connectivity index is 2.25. The van der Waals surface area contributed by atoms with Gasteiger partial charge in [-0.3, -0.25) is 9.59 Å².